The van der Waals surface area contributed by atoms with Crippen LogP contribution < -0.4 is 0 Å². The lowest BCUT2D eigenvalue weighted by Gasteiger charge is -2.31. The van der Waals surface area contributed by atoms with E-state index in [4.69, 9.17) is 9.79 Å². The Balaban J connectivity index is 5.25. The minimum absolute atomic E-state index is 0.0899. The Labute approximate surface area is 88.1 Å². The summed E-state index contributed by atoms with van der Waals surface area (Å²) >= 11 is 0. The minimum atomic E-state index is -5.01. The van der Waals surface area contributed by atoms with Gasteiger partial charge in [0.15, 0.2) is 0 Å². The molecule has 0 aromatic rings. The van der Waals surface area contributed by atoms with Crippen LogP contribution in [0.3, 0.4) is 0 Å². The molecule has 0 fully saturated rings. The van der Waals surface area contributed by atoms with Crippen LogP contribution in [0.15, 0.2) is 0 Å². The van der Waals surface area contributed by atoms with Crippen molar-refractivity contribution in [2.24, 2.45) is 0 Å². The molecule has 0 radical (unpaired) electrons. The van der Waals surface area contributed by atoms with Crippen molar-refractivity contribution in [1.82, 2.24) is 0 Å². The molecule has 0 aliphatic carbocycles. The fourth-order valence-electron chi connectivity index (χ4n) is 0.781. The SMILES string of the molecule is CCOP(=O)(OCC)C(C)(O)P(=O)(O)O. The summed E-state index contributed by atoms with van der Waals surface area (Å²) in [4.78, 5) is 17.7. The van der Waals surface area contributed by atoms with Gasteiger partial charge in [0, 0.05) is 0 Å². The van der Waals surface area contributed by atoms with Crippen LogP contribution in [0, 0.1) is 0 Å². The van der Waals surface area contributed by atoms with Crippen molar-refractivity contribution in [2.75, 3.05) is 13.2 Å². The largest absolute Gasteiger partial charge is 0.374 e. The molecule has 0 heterocycles. The van der Waals surface area contributed by atoms with E-state index in [2.05, 4.69) is 9.05 Å². The molecule has 0 bridgehead atoms. The van der Waals surface area contributed by atoms with Crippen LogP contribution in [0.2, 0.25) is 0 Å². The highest BCUT2D eigenvalue weighted by atomic mass is 31.2. The predicted molar refractivity (Wildman–Crippen MR) is 53.5 cm³/mol. The molecule has 1 atom stereocenters. The first-order valence-corrected chi connectivity index (χ1v) is 7.45. The molecule has 1 unspecified atom stereocenters. The summed E-state index contributed by atoms with van der Waals surface area (Å²) < 4.78 is 32.2. The molecule has 0 aliphatic heterocycles. The zero-order valence-electron chi connectivity index (χ0n) is 8.78. The second-order valence-electron chi connectivity index (χ2n) is 2.85. The van der Waals surface area contributed by atoms with Crippen molar-refractivity contribution in [3.05, 3.63) is 0 Å². The summed E-state index contributed by atoms with van der Waals surface area (Å²) in [7, 11) is -9.26. The Kier molecular flexibility index (Phi) is 5.15. The summed E-state index contributed by atoms with van der Waals surface area (Å²) in [5.41, 5.74) is 0. The summed E-state index contributed by atoms with van der Waals surface area (Å²) in [6, 6.07) is 0. The van der Waals surface area contributed by atoms with E-state index in [1.165, 1.54) is 13.8 Å². The molecule has 0 amide bonds. The molecule has 0 aromatic heterocycles. The fraction of sp³-hybridized carbons (Fsp3) is 1.00. The Morgan fingerprint density at radius 3 is 1.67 bits per heavy atom. The first kappa shape index (κ1) is 15.3. The normalized spacial score (nSPS) is 17.5. The summed E-state index contributed by atoms with van der Waals surface area (Å²) in [6.07, 6.45) is 0. The molecule has 0 aromatic carbocycles. The van der Waals surface area contributed by atoms with E-state index in [0.717, 1.165) is 6.92 Å². The summed E-state index contributed by atoms with van der Waals surface area (Å²) in [5.74, 6) is 0. The van der Waals surface area contributed by atoms with Crippen LogP contribution in [-0.4, -0.2) is 33.2 Å². The smallest absolute Gasteiger partial charge is 0.368 e. The molecule has 7 nitrogen and oxygen atoms in total. The highest BCUT2D eigenvalue weighted by Gasteiger charge is 2.58. The number of hydrogen-bond donors (Lipinski definition) is 3. The van der Waals surface area contributed by atoms with Gasteiger partial charge in [0.1, 0.15) is 0 Å². The van der Waals surface area contributed by atoms with Crippen LogP contribution in [0.25, 0.3) is 0 Å². The van der Waals surface area contributed by atoms with Crippen LogP contribution in [0.5, 0.6) is 0 Å². The van der Waals surface area contributed by atoms with Crippen LogP contribution in [0.4, 0.5) is 0 Å². The van der Waals surface area contributed by atoms with E-state index >= 15 is 0 Å². The first-order valence-electron chi connectivity index (χ1n) is 4.29. The molecule has 0 spiro atoms. The second-order valence-corrected chi connectivity index (χ2v) is 7.54. The van der Waals surface area contributed by atoms with E-state index in [-0.39, 0.29) is 13.2 Å². The van der Waals surface area contributed by atoms with Gasteiger partial charge in [-0.3, -0.25) is 9.13 Å². The summed E-state index contributed by atoms with van der Waals surface area (Å²) in [6.45, 7) is 3.50. The maximum atomic E-state index is 11.9. The quantitative estimate of drug-likeness (QED) is 0.614. The van der Waals surface area contributed by atoms with E-state index in [0.29, 0.717) is 0 Å². The molecular weight excluding hydrogens is 246 g/mol. The Morgan fingerprint density at radius 1 is 1.13 bits per heavy atom. The predicted octanol–water partition coefficient (Wildman–Crippen LogP) is 1.10. The third-order valence-electron chi connectivity index (χ3n) is 1.67. The monoisotopic (exact) mass is 262 g/mol. The molecule has 0 rings (SSSR count). The molecule has 0 saturated heterocycles. The molecule has 3 N–H and O–H groups in total. The van der Waals surface area contributed by atoms with Gasteiger partial charge in [0.25, 0.3) is 5.08 Å². The maximum Gasteiger partial charge on any atom is 0.374 e. The molecule has 0 saturated carbocycles. The minimum Gasteiger partial charge on any atom is -0.368 e. The Bertz CT molecular complexity index is 284. The average molecular weight is 262 g/mol. The van der Waals surface area contributed by atoms with Crippen LogP contribution in [0.1, 0.15) is 20.8 Å². The van der Waals surface area contributed by atoms with E-state index in [1.807, 2.05) is 0 Å². The van der Waals surface area contributed by atoms with Crippen molar-refractivity contribution >= 4 is 15.2 Å². The molecular formula is C6H16O7P2. The Hall–Kier alpha value is 0.260. The van der Waals surface area contributed by atoms with Gasteiger partial charge in [0.2, 0.25) is 0 Å². The van der Waals surface area contributed by atoms with Gasteiger partial charge in [-0.25, -0.2) is 0 Å². The van der Waals surface area contributed by atoms with Gasteiger partial charge < -0.3 is 23.9 Å². The maximum absolute atomic E-state index is 11.9. The highest BCUT2D eigenvalue weighted by molar-refractivity contribution is 7.72. The topological polar surface area (TPSA) is 113 Å². The fourth-order valence-corrected chi connectivity index (χ4v) is 3.65. The van der Waals surface area contributed by atoms with Crippen molar-refractivity contribution < 1.29 is 33.1 Å². The van der Waals surface area contributed by atoms with Crippen molar-refractivity contribution in [2.45, 2.75) is 25.9 Å². The second kappa shape index (κ2) is 5.06. The number of aliphatic hydroxyl groups is 1. The van der Waals surface area contributed by atoms with Gasteiger partial charge in [-0.15, -0.1) is 0 Å². The van der Waals surface area contributed by atoms with Gasteiger partial charge >= 0.3 is 15.2 Å². The first-order chi connectivity index (χ1) is 6.62. The van der Waals surface area contributed by atoms with E-state index < -0.39 is 20.3 Å². The van der Waals surface area contributed by atoms with Crippen molar-refractivity contribution in [3.8, 4) is 0 Å². The number of hydrogen-bond acceptors (Lipinski definition) is 5. The number of rotatable bonds is 6. The highest BCUT2D eigenvalue weighted by Crippen LogP contribution is 2.72. The van der Waals surface area contributed by atoms with Crippen LogP contribution >= 0.6 is 15.2 Å². The zero-order chi connectivity index (χ0) is 12.3. The molecule has 0 aliphatic rings. The zero-order valence-corrected chi connectivity index (χ0v) is 10.6. The van der Waals surface area contributed by atoms with Crippen molar-refractivity contribution in [3.63, 3.8) is 0 Å². The van der Waals surface area contributed by atoms with Gasteiger partial charge in [-0.05, 0) is 20.8 Å². The van der Waals surface area contributed by atoms with Gasteiger partial charge in [0.05, 0.1) is 13.2 Å². The standard InChI is InChI=1S/C6H16O7P2/c1-4-12-15(11,13-5-2)6(3,7)14(8,9)10/h7H,4-5H2,1-3H3,(H2,8,9,10). The third-order valence-corrected chi connectivity index (χ3v) is 6.52. The van der Waals surface area contributed by atoms with Gasteiger partial charge in [-0.2, -0.15) is 0 Å². The lowest BCUT2D eigenvalue weighted by Crippen LogP contribution is -2.27. The van der Waals surface area contributed by atoms with E-state index in [9.17, 15) is 14.2 Å². The van der Waals surface area contributed by atoms with Crippen molar-refractivity contribution in [1.29, 1.82) is 0 Å². The Morgan fingerprint density at radius 2 is 1.47 bits per heavy atom. The lowest BCUT2D eigenvalue weighted by molar-refractivity contribution is 0.113. The third kappa shape index (κ3) is 3.11. The molecule has 9 heteroatoms. The summed E-state index contributed by atoms with van der Waals surface area (Å²) in [5, 5.41) is 6.73. The van der Waals surface area contributed by atoms with Gasteiger partial charge in [-0.1, -0.05) is 0 Å². The van der Waals surface area contributed by atoms with E-state index in [1.54, 1.807) is 0 Å². The van der Waals surface area contributed by atoms with Crippen LogP contribution in [-0.2, 0) is 18.2 Å². The average Bonchev–Trinajstić information content (AvgIpc) is 2.02. The lowest BCUT2D eigenvalue weighted by atomic mass is 10.9. The molecule has 15 heavy (non-hydrogen) atoms. The molecule has 92 valence electrons.